The fourth-order valence-electron chi connectivity index (χ4n) is 3.64. The average molecular weight is 411 g/mol. The highest BCUT2D eigenvalue weighted by Gasteiger charge is 2.27. The van der Waals surface area contributed by atoms with E-state index in [0.29, 0.717) is 17.4 Å². The van der Waals surface area contributed by atoms with E-state index < -0.39 is 0 Å². The van der Waals surface area contributed by atoms with E-state index in [4.69, 9.17) is 11.6 Å². The van der Waals surface area contributed by atoms with Crippen molar-refractivity contribution in [1.82, 2.24) is 20.0 Å². The summed E-state index contributed by atoms with van der Waals surface area (Å²) in [7, 11) is 0. The predicted molar refractivity (Wildman–Crippen MR) is 114 cm³/mol. The van der Waals surface area contributed by atoms with E-state index in [0.717, 1.165) is 42.3 Å². The molecule has 4 rings (SSSR count). The van der Waals surface area contributed by atoms with Crippen LogP contribution in [0.2, 0.25) is 5.02 Å². The molecule has 1 aliphatic heterocycles. The number of nitrogens with one attached hydrogen (secondary N) is 1. The predicted octanol–water partition coefficient (Wildman–Crippen LogP) is 3.79. The number of halogens is 1. The van der Waals surface area contributed by atoms with Gasteiger partial charge in [-0.15, -0.1) is 10.2 Å². The molecule has 2 aromatic heterocycles. The molecular weight excluding hydrogens is 388 g/mol. The molecule has 0 spiro atoms. The zero-order valence-corrected chi connectivity index (χ0v) is 17.2. The average Bonchev–Trinajstić information content (AvgIpc) is 3.08. The van der Waals surface area contributed by atoms with E-state index in [-0.39, 0.29) is 11.8 Å². The third-order valence-electron chi connectivity index (χ3n) is 5.09. The highest BCUT2D eigenvalue weighted by Crippen LogP contribution is 2.23. The molecule has 7 nitrogen and oxygen atoms in total. The Labute approximate surface area is 174 Å². The number of amides is 1. The van der Waals surface area contributed by atoms with Crippen LogP contribution in [0.5, 0.6) is 0 Å². The van der Waals surface area contributed by atoms with Gasteiger partial charge in [0.2, 0.25) is 5.91 Å². The van der Waals surface area contributed by atoms with Gasteiger partial charge in [0, 0.05) is 29.5 Å². The standard InChI is InChI=1S/C21H23ClN6O/c1-14-12-15(2)28(26-14)20-10-9-19(24-25-20)27-11-3-4-16(13-27)21(29)23-18-7-5-17(22)6-8-18/h5-10,12,16H,3-4,11,13H2,1-2H3,(H,23,29). The number of benzene rings is 1. The first-order valence-corrected chi connectivity index (χ1v) is 10.1. The Morgan fingerprint density at radius 1 is 1.10 bits per heavy atom. The molecule has 0 radical (unpaired) electrons. The number of hydrogen-bond acceptors (Lipinski definition) is 5. The number of nitrogens with zero attached hydrogens (tertiary/aromatic N) is 5. The molecule has 3 heterocycles. The summed E-state index contributed by atoms with van der Waals surface area (Å²) in [6.07, 6.45) is 1.78. The van der Waals surface area contributed by atoms with Crippen LogP contribution in [-0.4, -0.2) is 39.0 Å². The van der Waals surface area contributed by atoms with E-state index in [1.165, 1.54) is 0 Å². The molecule has 1 aromatic carbocycles. The van der Waals surface area contributed by atoms with Gasteiger partial charge in [0.1, 0.15) is 0 Å². The second kappa shape index (κ2) is 8.21. The SMILES string of the molecule is Cc1cc(C)n(-c2ccc(N3CCCC(C(=O)Nc4ccc(Cl)cc4)C3)nn2)n1. The normalized spacial score (nSPS) is 16.7. The van der Waals surface area contributed by atoms with Crippen molar-refractivity contribution >= 4 is 29.0 Å². The van der Waals surface area contributed by atoms with Crippen molar-refractivity contribution in [3.8, 4) is 5.82 Å². The van der Waals surface area contributed by atoms with Crippen molar-refractivity contribution in [2.45, 2.75) is 26.7 Å². The van der Waals surface area contributed by atoms with Crippen molar-refractivity contribution in [3.63, 3.8) is 0 Å². The van der Waals surface area contributed by atoms with Crippen LogP contribution in [0, 0.1) is 19.8 Å². The Balaban J connectivity index is 1.43. The van der Waals surface area contributed by atoms with Gasteiger partial charge in [-0.05, 0) is 69.2 Å². The van der Waals surface area contributed by atoms with Crippen LogP contribution in [0.1, 0.15) is 24.2 Å². The molecule has 29 heavy (non-hydrogen) atoms. The molecule has 0 saturated carbocycles. The summed E-state index contributed by atoms with van der Waals surface area (Å²) in [6.45, 7) is 5.42. The van der Waals surface area contributed by atoms with E-state index in [1.54, 1.807) is 16.8 Å². The van der Waals surface area contributed by atoms with Crippen LogP contribution in [-0.2, 0) is 4.79 Å². The van der Waals surface area contributed by atoms with Crippen LogP contribution < -0.4 is 10.2 Å². The van der Waals surface area contributed by atoms with Crippen LogP contribution >= 0.6 is 11.6 Å². The maximum Gasteiger partial charge on any atom is 0.229 e. The van der Waals surface area contributed by atoms with Gasteiger partial charge in [0.05, 0.1) is 11.6 Å². The third-order valence-corrected chi connectivity index (χ3v) is 5.34. The quantitative estimate of drug-likeness (QED) is 0.708. The topological polar surface area (TPSA) is 75.9 Å². The van der Waals surface area contributed by atoms with Gasteiger partial charge in [0.15, 0.2) is 11.6 Å². The van der Waals surface area contributed by atoms with Gasteiger partial charge < -0.3 is 10.2 Å². The number of carbonyl (C=O) groups is 1. The molecule has 1 N–H and O–H groups in total. The Hall–Kier alpha value is -2.93. The summed E-state index contributed by atoms with van der Waals surface area (Å²) in [5, 5.41) is 16.8. The minimum absolute atomic E-state index is 0.0178. The minimum Gasteiger partial charge on any atom is -0.354 e. The first-order valence-electron chi connectivity index (χ1n) is 9.68. The smallest absolute Gasteiger partial charge is 0.229 e. The molecule has 150 valence electrons. The van der Waals surface area contributed by atoms with Crippen LogP contribution in [0.4, 0.5) is 11.5 Å². The second-order valence-corrected chi connectivity index (χ2v) is 7.81. The van der Waals surface area contributed by atoms with Crippen molar-refractivity contribution in [1.29, 1.82) is 0 Å². The first kappa shape index (κ1) is 19.4. The molecule has 0 aliphatic carbocycles. The monoisotopic (exact) mass is 410 g/mol. The lowest BCUT2D eigenvalue weighted by molar-refractivity contribution is -0.120. The van der Waals surface area contributed by atoms with Crippen molar-refractivity contribution in [2.75, 3.05) is 23.3 Å². The lowest BCUT2D eigenvalue weighted by Crippen LogP contribution is -2.41. The van der Waals surface area contributed by atoms with E-state index in [9.17, 15) is 4.79 Å². The summed E-state index contributed by atoms with van der Waals surface area (Å²) in [4.78, 5) is 14.8. The fraction of sp³-hybridized carbons (Fsp3) is 0.333. The summed E-state index contributed by atoms with van der Waals surface area (Å²) in [5.41, 5.74) is 2.71. The molecule has 1 fully saturated rings. The van der Waals surface area contributed by atoms with Crippen LogP contribution in [0.15, 0.2) is 42.5 Å². The number of aromatic nitrogens is 4. The summed E-state index contributed by atoms with van der Waals surface area (Å²) in [6, 6.07) is 13.0. The molecule has 0 bridgehead atoms. The molecular formula is C21H23ClN6O. The largest absolute Gasteiger partial charge is 0.354 e. The maximum atomic E-state index is 12.7. The number of piperidine rings is 1. The number of anilines is 2. The highest BCUT2D eigenvalue weighted by atomic mass is 35.5. The summed E-state index contributed by atoms with van der Waals surface area (Å²) < 4.78 is 1.78. The zero-order valence-electron chi connectivity index (χ0n) is 16.5. The van der Waals surface area contributed by atoms with E-state index in [1.807, 2.05) is 44.2 Å². The van der Waals surface area contributed by atoms with Gasteiger partial charge >= 0.3 is 0 Å². The highest BCUT2D eigenvalue weighted by molar-refractivity contribution is 6.30. The maximum absolute atomic E-state index is 12.7. The molecule has 1 atom stereocenters. The molecule has 8 heteroatoms. The fourth-order valence-corrected chi connectivity index (χ4v) is 3.76. The number of carbonyl (C=O) groups excluding carboxylic acids is 1. The number of hydrogen-bond donors (Lipinski definition) is 1. The van der Waals surface area contributed by atoms with Gasteiger partial charge in [-0.3, -0.25) is 4.79 Å². The second-order valence-electron chi connectivity index (χ2n) is 7.37. The summed E-state index contributed by atoms with van der Waals surface area (Å²) in [5.74, 6) is 1.38. The van der Waals surface area contributed by atoms with E-state index >= 15 is 0 Å². The Kier molecular flexibility index (Phi) is 5.49. The number of aryl methyl sites for hydroxylation is 2. The van der Waals surface area contributed by atoms with Crippen LogP contribution in [0.3, 0.4) is 0 Å². The lowest BCUT2D eigenvalue weighted by Gasteiger charge is -2.32. The molecule has 1 unspecified atom stereocenters. The van der Waals surface area contributed by atoms with Crippen molar-refractivity contribution in [3.05, 3.63) is 58.9 Å². The molecule has 1 amide bonds. The van der Waals surface area contributed by atoms with Crippen molar-refractivity contribution in [2.24, 2.45) is 5.92 Å². The third kappa shape index (κ3) is 4.40. The van der Waals surface area contributed by atoms with E-state index in [2.05, 4.69) is 25.5 Å². The van der Waals surface area contributed by atoms with Gasteiger partial charge in [-0.25, -0.2) is 4.68 Å². The van der Waals surface area contributed by atoms with Gasteiger partial charge in [-0.2, -0.15) is 5.10 Å². The van der Waals surface area contributed by atoms with Crippen molar-refractivity contribution < 1.29 is 4.79 Å². The van der Waals surface area contributed by atoms with Gasteiger partial charge in [-0.1, -0.05) is 11.6 Å². The first-order chi connectivity index (χ1) is 14.0. The van der Waals surface area contributed by atoms with Crippen LogP contribution in [0.25, 0.3) is 5.82 Å². The molecule has 3 aromatic rings. The Morgan fingerprint density at radius 2 is 1.83 bits per heavy atom. The number of rotatable bonds is 4. The Morgan fingerprint density at radius 3 is 2.48 bits per heavy atom. The summed E-state index contributed by atoms with van der Waals surface area (Å²) >= 11 is 5.91. The molecule has 1 aliphatic rings. The molecule has 1 saturated heterocycles. The Bertz CT molecular complexity index is 999. The van der Waals surface area contributed by atoms with Gasteiger partial charge in [0.25, 0.3) is 0 Å². The zero-order chi connectivity index (χ0) is 20.4. The minimum atomic E-state index is -0.100. The lowest BCUT2D eigenvalue weighted by atomic mass is 9.97.